The van der Waals surface area contributed by atoms with Gasteiger partial charge in [-0.2, -0.15) is 0 Å². The number of aromatic nitrogens is 3. The lowest BCUT2D eigenvalue weighted by molar-refractivity contribution is 0.869. The molecule has 0 atom stereocenters. The van der Waals surface area contributed by atoms with Crippen LogP contribution < -0.4 is 0 Å². The highest BCUT2D eigenvalue weighted by Crippen LogP contribution is 2.30. The second-order valence-corrected chi connectivity index (χ2v) is 6.14. The first-order valence-corrected chi connectivity index (χ1v) is 7.79. The van der Waals surface area contributed by atoms with Crippen molar-refractivity contribution in [1.29, 1.82) is 0 Å². The minimum Gasteiger partial charge on any atom is -0.276 e. The largest absolute Gasteiger partial charge is 0.276 e. The molecule has 6 heteroatoms. The van der Waals surface area contributed by atoms with Gasteiger partial charge in [-0.05, 0) is 30.5 Å². The van der Waals surface area contributed by atoms with Gasteiger partial charge in [0.15, 0.2) is 5.82 Å². The number of thiophene rings is 1. The summed E-state index contributed by atoms with van der Waals surface area (Å²) in [7, 11) is 0. The second kappa shape index (κ2) is 4.79. The fourth-order valence-corrected chi connectivity index (χ4v) is 3.61. The average Bonchev–Trinajstić information content (AvgIpc) is 3.05. The van der Waals surface area contributed by atoms with Crippen molar-refractivity contribution in [2.24, 2.45) is 4.99 Å². The molecule has 0 bridgehead atoms. The van der Waals surface area contributed by atoms with Gasteiger partial charge in [0.1, 0.15) is 17.4 Å². The van der Waals surface area contributed by atoms with E-state index in [-0.39, 0.29) is 0 Å². The minimum atomic E-state index is 0.528. The van der Waals surface area contributed by atoms with Crippen molar-refractivity contribution in [2.75, 3.05) is 0 Å². The van der Waals surface area contributed by atoms with E-state index in [1.807, 2.05) is 31.2 Å². The fraction of sp³-hybridized carbons (Fsp3) is 0.133. The lowest BCUT2D eigenvalue weighted by Crippen LogP contribution is -2.05. The Morgan fingerprint density at radius 1 is 1.14 bits per heavy atom. The predicted octanol–water partition coefficient (Wildman–Crippen LogP) is 3.64. The van der Waals surface area contributed by atoms with E-state index in [0.29, 0.717) is 6.54 Å². The van der Waals surface area contributed by atoms with Crippen molar-refractivity contribution in [3.8, 4) is 5.00 Å². The molecule has 0 spiro atoms. The Balaban J connectivity index is 1.92. The number of benzene rings is 1. The lowest BCUT2D eigenvalue weighted by atomic mass is 10.0. The van der Waals surface area contributed by atoms with Gasteiger partial charge in [0.2, 0.25) is 0 Å². The molecule has 0 fully saturated rings. The Bertz CT molecular complexity index is 845. The van der Waals surface area contributed by atoms with Gasteiger partial charge >= 0.3 is 0 Å². The SMILES string of the molecule is Cc1nnc2n1-c1sccc1C(c1ccc(Cl)cc1)=NC2. The van der Waals surface area contributed by atoms with Crippen molar-refractivity contribution in [3.63, 3.8) is 0 Å². The maximum absolute atomic E-state index is 5.98. The molecule has 1 aliphatic rings. The summed E-state index contributed by atoms with van der Waals surface area (Å²) < 4.78 is 2.09. The van der Waals surface area contributed by atoms with Crippen LogP contribution in [0.4, 0.5) is 0 Å². The molecule has 4 rings (SSSR count). The smallest absolute Gasteiger partial charge is 0.160 e. The van der Waals surface area contributed by atoms with Crippen LogP contribution in [0.5, 0.6) is 0 Å². The molecular formula is C15H11ClN4S. The van der Waals surface area contributed by atoms with Gasteiger partial charge in [-0.1, -0.05) is 23.7 Å². The molecule has 0 saturated heterocycles. The van der Waals surface area contributed by atoms with E-state index in [0.717, 1.165) is 38.5 Å². The number of hydrogen-bond donors (Lipinski definition) is 0. The topological polar surface area (TPSA) is 43.1 Å². The number of rotatable bonds is 1. The molecule has 3 aromatic rings. The molecule has 2 aromatic heterocycles. The Kier molecular flexibility index (Phi) is 2.90. The molecule has 0 unspecified atom stereocenters. The zero-order valence-electron chi connectivity index (χ0n) is 11.2. The number of aliphatic imine (C=N–C) groups is 1. The van der Waals surface area contributed by atoms with Crippen molar-refractivity contribution >= 4 is 28.6 Å². The summed E-state index contributed by atoms with van der Waals surface area (Å²) in [6.07, 6.45) is 0. The van der Waals surface area contributed by atoms with Gasteiger partial charge in [0.05, 0.1) is 5.71 Å². The van der Waals surface area contributed by atoms with Gasteiger partial charge in [0.25, 0.3) is 0 Å². The van der Waals surface area contributed by atoms with Gasteiger partial charge in [-0.25, -0.2) is 0 Å². The summed E-state index contributed by atoms with van der Waals surface area (Å²) in [5.74, 6) is 1.77. The van der Waals surface area contributed by atoms with Crippen LogP contribution in [0, 0.1) is 6.92 Å². The standard InChI is InChI=1S/C15H11ClN4S/c1-9-18-19-13-8-17-14(10-2-4-11(16)5-3-10)12-6-7-21-15(12)20(9)13/h2-7H,8H2,1H3. The van der Waals surface area contributed by atoms with Gasteiger partial charge in [-0.3, -0.25) is 9.56 Å². The Hall–Kier alpha value is -1.98. The monoisotopic (exact) mass is 314 g/mol. The van der Waals surface area contributed by atoms with Gasteiger partial charge in [-0.15, -0.1) is 21.5 Å². The van der Waals surface area contributed by atoms with E-state index in [2.05, 4.69) is 26.2 Å². The first-order chi connectivity index (χ1) is 10.2. The molecule has 0 saturated carbocycles. The Labute approximate surface area is 130 Å². The van der Waals surface area contributed by atoms with Crippen molar-refractivity contribution in [1.82, 2.24) is 14.8 Å². The number of halogens is 1. The highest BCUT2D eigenvalue weighted by Gasteiger charge is 2.22. The van der Waals surface area contributed by atoms with Crippen LogP contribution in [0.15, 0.2) is 40.7 Å². The molecule has 0 amide bonds. The third-order valence-corrected chi connectivity index (χ3v) is 4.64. The van der Waals surface area contributed by atoms with Crippen molar-refractivity contribution in [2.45, 2.75) is 13.5 Å². The van der Waals surface area contributed by atoms with E-state index in [4.69, 9.17) is 16.6 Å². The summed E-state index contributed by atoms with van der Waals surface area (Å²) in [6, 6.07) is 9.88. The van der Waals surface area contributed by atoms with Crippen LogP contribution in [-0.4, -0.2) is 20.5 Å². The van der Waals surface area contributed by atoms with E-state index < -0.39 is 0 Å². The molecule has 104 valence electrons. The van der Waals surface area contributed by atoms with Crippen LogP contribution in [0.1, 0.15) is 22.8 Å². The third kappa shape index (κ3) is 2.01. The molecule has 0 radical (unpaired) electrons. The van der Waals surface area contributed by atoms with Crippen molar-refractivity contribution in [3.05, 3.63) is 63.5 Å². The highest BCUT2D eigenvalue weighted by atomic mass is 35.5. The normalized spacial score (nSPS) is 13.3. The molecule has 1 aromatic carbocycles. The maximum Gasteiger partial charge on any atom is 0.160 e. The third-order valence-electron chi connectivity index (χ3n) is 3.49. The van der Waals surface area contributed by atoms with Crippen LogP contribution in [0.2, 0.25) is 5.02 Å². The fourth-order valence-electron chi connectivity index (χ4n) is 2.52. The molecule has 4 nitrogen and oxygen atoms in total. The Morgan fingerprint density at radius 2 is 1.95 bits per heavy atom. The molecule has 0 aliphatic carbocycles. The number of nitrogens with zero attached hydrogens (tertiary/aromatic N) is 4. The van der Waals surface area contributed by atoms with Crippen LogP contribution >= 0.6 is 22.9 Å². The van der Waals surface area contributed by atoms with Gasteiger partial charge < -0.3 is 0 Å². The molecule has 0 N–H and O–H groups in total. The molecular weight excluding hydrogens is 304 g/mol. The number of aryl methyl sites for hydroxylation is 1. The molecule has 21 heavy (non-hydrogen) atoms. The highest BCUT2D eigenvalue weighted by molar-refractivity contribution is 7.13. The maximum atomic E-state index is 5.98. The number of hydrogen-bond acceptors (Lipinski definition) is 4. The zero-order valence-corrected chi connectivity index (χ0v) is 12.8. The molecule has 3 heterocycles. The summed E-state index contributed by atoms with van der Waals surface area (Å²) >= 11 is 7.66. The summed E-state index contributed by atoms with van der Waals surface area (Å²) in [6.45, 7) is 2.49. The summed E-state index contributed by atoms with van der Waals surface area (Å²) in [4.78, 5) is 4.75. The lowest BCUT2D eigenvalue weighted by Gasteiger charge is -2.07. The van der Waals surface area contributed by atoms with E-state index in [9.17, 15) is 0 Å². The minimum absolute atomic E-state index is 0.528. The average molecular weight is 315 g/mol. The second-order valence-electron chi connectivity index (χ2n) is 4.81. The van der Waals surface area contributed by atoms with Crippen LogP contribution in [-0.2, 0) is 6.54 Å². The Morgan fingerprint density at radius 3 is 2.76 bits per heavy atom. The van der Waals surface area contributed by atoms with E-state index in [1.165, 1.54) is 0 Å². The number of fused-ring (bicyclic) bond motifs is 3. The van der Waals surface area contributed by atoms with E-state index in [1.54, 1.807) is 11.3 Å². The summed E-state index contributed by atoms with van der Waals surface area (Å²) in [5.41, 5.74) is 3.16. The molecule has 1 aliphatic heterocycles. The zero-order chi connectivity index (χ0) is 14.4. The first kappa shape index (κ1) is 12.7. The van der Waals surface area contributed by atoms with E-state index >= 15 is 0 Å². The predicted molar refractivity (Wildman–Crippen MR) is 84.8 cm³/mol. The first-order valence-electron chi connectivity index (χ1n) is 6.53. The summed E-state index contributed by atoms with van der Waals surface area (Å²) in [5, 5.41) is 12.3. The van der Waals surface area contributed by atoms with Crippen molar-refractivity contribution < 1.29 is 0 Å². The van der Waals surface area contributed by atoms with Crippen LogP contribution in [0.25, 0.3) is 5.00 Å². The van der Waals surface area contributed by atoms with Crippen LogP contribution in [0.3, 0.4) is 0 Å². The van der Waals surface area contributed by atoms with Gasteiger partial charge in [0, 0.05) is 16.1 Å². The quantitative estimate of drug-likeness (QED) is 0.688.